The number of nitrogens with one attached hydrogen (secondary N) is 1. The van der Waals surface area contributed by atoms with Crippen molar-refractivity contribution in [2.45, 2.75) is 50.7 Å². The molecule has 0 bridgehead atoms. The molecular weight excluding hydrogens is 383 g/mol. The molecule has 1 aliphatic heterocycles. The van der Waals surface area contributed by atoms with Gasteiger partial charge in [0.1, 0.15) is 23.3 Å². The third kappa shape index (κ3) is 4.99. The van der Waals surface area contributed by atoms with E-state index in [4.69, 9.17) is 4.74 Å². The summed E-state index contributed by atoms with van der Waals surface area (Å²) in [5.41, 5.74) is 2.40. The smallest absolute Gasteiger partial charge is 0.238 e. The van der Waals surface area contributed by atoms with Crippen molar-refractivity contribution in [3.63, 3.8) is 0 Å². The molecule has 2 atom stereocenters. The Morgan fingerprint density at radius 1 is 1.23 bits per heavy atom. The second kappa shape index (κ2) is 8.74. The molecule has 0 radical (unpaired) electrons. The number of rotatable bonds is 5. The van der Waals surface area contributed by atoms with Crippen molar-refractivity contribution in [1.29, 1.82) is 0 Å². The molecule has 1 saturated heterocycles. The number of nitrogens with zero attached hydrogens (tertiary/aromatic N) is 1. The maximum absolute atomic E-state index is 13.4. The van der Waals surface area contributed by atoms with Crippen LogP contribution in [0.25, 0.3) is 0 Å². The van der Waals surface area contributed by atoms with Crippen molar-refractivity contribution in [3.8, 4) is 5.75 Å². The van der Waals surface area contributed by atoms with Crippen LogP contribution in [0.5, 0.6) is 5.75 Å². The Morgan fingerprint density at radius 3 is 2.80 bits per heavy atom. The largest absolute Gasteiger partial charge is 0.487 e. The van der Waals surface area contributed by atoms with Crippen LogP contribution in [0.1, 0.15) is 37.3 Å². The molecule has 4 rings (SSSR count). The summed E-state index contributed by atoms with van der Waals surface area (Å²) in [4.78, 5) is 14.5. The van der Waals surface area contributed by atoms with Crippen molar-refractivity contribution in [2.24, 2.45) is 0 Å². The van der Waals surface area contributed by atoms with Crippen LogP contribution in [0.4, 0.5) is 10.1 Å². The molecule has 2 aromatic carbocycles. The fourth-order valence-corrected chi connectivity index (χ4v) is 4.48. The molecule has 0 spiro atoms. The number of hydrogen-bond acceptors (Lipinski definition) is 4. The van der Waals surface area contributed by atoms with Gasteiger partial charge in [-0.25, -0.2) is 4.39 Å². The molecule has 0 unspecified atom stereocenters. The van der Waals surface area contributed by atoms with E-state index in [1.54, 1.807) is 19.1 Å². The summed E-state index contributed by atoms with van der Waals surface area (Å²) in [7, 11) is 0. The van der Waals surface area contributed by atoms with Gasteiger partial charge in [-0.1, -0.05) is 12.1 Å². The molecule has 30 heavy (non-hydrogen) atoms. The predicted molar refractivity (Wildman–Crippen MR) is 114 cm³/mol. The number of aryl methyl sites for hydroxylation is 2. The highest BCUT2D eigenvalue weighted by Gasteiger charge is 2.40. The van der Waals surface area contributed by atoms with Crippen LogP contribution >= 0.6 is 0 Å². The maximum Gasteiger partial charge on any atom is 0.238 e. The van der Waals surface area contributed by atoms with Crippen molar-refractivity contribution in [1.82, 2.24) is 4.90 Å². The molecule has 160 valence electrons. The number of amides is 1. The van der Waals surface area contributed by atoms with Gasteiger partial charge >= 0.3 is 0 Å². The molecular formula is C24H29FN2O3. The highest BCUT2D eigenvalue weighted by atomic mass is 19.1. The first-order valence-corrected chi connectivity index (χ1v) is 10.7. The SMILES string of the molecule is C[C@]1(O)CN(CC(=O)Nc2ccc3c(c2)CCCC3)CC[C@@H]1Oc1cccc(F)c1. The lowest BCUT2D eigenvalue weighted by molar-refractivity contribution is -0.123. The Kier molecular flexibility index (Phi) is 6.06. The van der Waals surface area contributed by atoms with E-state index in [-0.39, 0.29) is 18.3 Å². The zero-order valence-corrected chi connectivity index (χ0v) is 17.4. The molecule has 1 fully saturated rings. The lowest BCUT2D eigenvalue weighted by atomic mass is 9.91. The van der Waals surface area contributed by atoms with E-state index in [0.29, 0.717) is 25.3 Å². The Balaban J connectivity index is 1.32. The van der Waals surface area contributed by atoms with Crippen LogP contribution in [0.15, 0.2) is 42.5 Å². The topological polar surface area (TPSA) is 61.8 Å². The highest BCUT2D eigenvalue weighted by Crippen LogP contribution is 2.27. The standard InChI is InChI=1S/C24H29FN2O3/c1-24(29)16-27(12-11-22(24)30-21-8-4-7-19(25)14-21)15-23(28)26-20-10-9-17-5-2-3-6-18(17)13-20/h4,7-10,13-14,22,29H,2-3,5-6,11-12,15-16H2,1H3,(H,26,28)/t22-,24-/m0/s1. The first kappa shape index (κ1) is 20.8. The number of aliphatic hydroxyl groups is 1. The fourth-order valence-electron chi connectivity index (χ4n) is 4.48. The normalized spacial score (nSPS) is 24.2. The number of carbonyl (C=O) groups excluding carboxylic acids is 1. The molecule has 6 heteroatoms. The second-order valence-electron chi connectivity index (χ2n) is 8.66. The minimum Gasteiger partial charge on any atom is -0.487 e. The van der Waals surface area contributed by atoms with E-state index >= 15 is 0 Å². The summed E-state index contributed by atoms with van der Waals surface area (Å²) in [6, 6.07) is 12.1. The Hall–Kier alpha value is -2.44. The van der Waals surface area contributed by atoms with Gasteiger partial charge in [-0.05, 0) is 74.4 Å². The van der Waals surface area contributed by atoms with Gasteiger partial charge in [0.2, 0.25) is 5.91 Å². The lowest BCUT2D eigenvalue weighted by Gasteiger charge is -2.42. The molecule has 5 nitrogen and oxygen atoms in total. The molecule has 2 aromatic rings. The summed E-state index contributed by atoms with van der Waals surface area (Å²) >= 11 is 0. The van der Waals surface area contributed by atoms with E-state index < -0.39 is 11.7 Å². The van der Waals surface area contributed by atoms with Crippen LogP contribution in [0.2, 0.25) is 0 Å². The number of likely N-dealkylation sites (tertiary alicyclic amines) is 1. The van der Waals surface area contributed by atoms with E-state index in [2.05, 4.69) is 17.4 Å². The molecule has 0 aromatic heterocycles. The van der Waals surface area contributed by atoms with Crippen molar-refractivity contribution >= 4 is 11.6 Å². The third-order valence-electron chi connectivity index (χ3n) is 6.02. The van der Waals surface area contributed by atoms with Crippen LogP contribution < -0.4 is 10.1 Å². The predicted octanol–water partition coefficient (Wildman–Crippen LogP) is 3.55. The number of β-amino-alcohol motifs (C(OH)–C–C–N with tert-alkyl or cyclic N) is 1. The minimum atomic E-state index is -1.14. The first-order valence-electron chi connectivity index (χ1n) is 10.7. The van der Waals surface area contributed by atoms with Gasteiger partial charge in [-0.3, -0.25) is 9.69 Å². The second-order valence-corrected chi connectivity index (χ2v) is 8.66. The van der Waals surface area contributed by atoms with Crippen LogP contribution in [-0.2, 0) is 17.6 Å². The Bertz CT molecular complexity index is 915. The Morgan fingerprint density at radius 2 is 2.03 bits per heavy atom. The molecule has 2 N–H and O–H groups in total. The number of ether oxygens (including phenoxy) is 1. The number of benzene rings is 2. The average molecular weight is 413 g/mol. The van der Waals surface area contributed by atoms with Crippen LogP contribution in [0, 0.1) is 5.82 Å². The van der Waals surface area contributed by atoms with Crippen molar-refractivity contribution in [2.75, 3.05) is 25.0 Å². The van der Waals surface area contributed by atoms with Gasteiger partial charge in [0, 0.05) is 24.8 Å². The van der Waals surface area contributed by atoms with E-state index in [1.807, 2.05) is 11.0 Å². The Labute approximate surface area is 176 Å². The number of hydrogen-bond donors (Lipinski definition) is 2. The van der Waals surface area contributed by atoms with E-state index in [1.165, 1.54) is 36.1 Å². The van der Waals surface area contributed by atoms with Crippen LogP contribution in [-0.4, -0.2) is 47.3 Å². The molecule has 1 heterocycles. The summed E-state index contributed by atoms with van der Waals surface area (Å²) in [6.07, 6.45) is 4.71. The lowest BCUT2D eigenvalue weighted by Crippen LogP contribution is -2.58. The fraction of sp³-hybridized carbons (Fsp3) is 0.458. The third-order valence-corrected chi connectivity index (χ3v) is 6.02. The van der Waals surface area contributed by atoms with Crippen molar-refractivity contribution in [3.05, 3.63) is 59.4 Å². The average Bonchev–Trinajstić information content (AvgIpc) is 2.69. The molecule has 1 aliphatic carbocycles. The highest BCUT2D eigenvalue weighted by molar-refractivity contribution is 5.92. The number of halogens is 1. The summed E-state index contributed by atoms with van der Waals surface area (Å²) in [6.45, 7) is 2.84. The first-order chi connectivity index (χ1) is 14.4. The molecule has 1 amide bonds. The summed E-state index contributed by atoms with van der Waals surface area (Å²) in [5.74, 6) is -0.0617. The van der Waals surface area contributed by atoms with Crippen molar-refractivity contribution < 1.29 is 19.0 Å². The van der Waals surface area contributed by atoms with E-state index in [0.717, 1.165) is 18.5 Å². The van der Waals surface area contributed by atoms with Gasteiger partial charge in [0.05, 0.1) is 6.54 Å². The van der Waals surface area contributed by atoms with Gasteiger partial charge in [-0.2, -0.15) is 0 Å². The maximum atomic E-state index is 13.4. The molecule has 2 aliphatic rings. The van der Waals surface area contributed by atoms with Gasteiger partial charge in [0.15, 0.2) is 0 Å². The minimum absolute atomic E-state index is 0.0916. The van der Waals surface area contributed by atoms with Gasteiger partial charge in [-0.15, -0.1) is 0 Å². The molecule has 0 saturated carbocycles. The monoisotopic (exact) mass is 412 g/mol. The number of anilines is 1. The number of piperidine rings is 1. The summed E-state index contributed by atoms with van der Waals surface area (Å²) < 4.78 is 19.2. The van der Waals surface area contributed by atoms with E-state index in [9.17, 15) is 14.3 Å². The number of fused-ring (bicyclic) bond motifs is 1. The zero-order valence-electron chi connectivity index (χ0n) is 17.4. The number of carbonyl (C=O) groups is 1. The zero-order chi connectivity index (χ0) is 21.1. The summed E-state index contributed by atoms with van der Waals surface area (Å²) in [5, 5.41) is 13.9. The van der Waals surface area contributed by atoms with Gasteiger partial charge in [0.25, 0.3) is 0 Å². The van der Waals surface area contributed by atoms with Crippen LogP contribution in [0.3, 0.4) is 0 Å². The van der Waals surface area contributed by atoms with Gasteiger partial charge < -0.3 is 15.2 Å². The quantitative estimate of drug-likeness (QED) is 0.789.